The van der Waals surface area contributed by atoms with Crippen molar-refractivity contribution >= 4 is 28.7 Å². The van der Waals surface area contributed by atoms with Gasteiger partial charge in [-0.3, -0.25) is 9.59 Å². The number of fused-ring (bicyclic) bond motifs is 1. The molecule has 1 N–H and O–H groups in total. The summed E-state index contributed by atoms with van der Waals surface area (Å²) in [5, 5.41) is 5.00. The van der Waals surface area contributed by atoms with Crippen LogP contribution in [-0.2, 0) is 4.79 Å². The second kappa shape index (κ2) is 8.93. The summed E-state index contributed by atoms with van der Waals surface area (Å²) in [6.07, 6.45) is 1.80. The maximum Gasteiger partial charge on any atom is 0.270 e. The molecule has 1 fully saturated rings. The number of nitrogens with zero attached hydrogens (tertiary/aromatic N) is 2. The van der Waals surface area contributed by atoms with Crippen LogP contribution in [0.3, 0.4) is 0 Å². The van der Waals surface area contributed by atoms with Gasteiger partial charge in [-0.05, 0) is 41.6 Å². The predicted octanol–water partition coefficient (Wildman–Crippen LogP) is 3.38. The standard InChI is InChI=1S/C25H25N3O2/c1-27-14-16-28(17-15-27)25(30)23(26-24(29)20-9-3-2-4-10-20)18-21-12-7-11-19-8-5-6-13-22(19)21/h2-13,18H,14-17H2,1H3,(H,26,29)/b23-18-. The zero-order valence-corrected chi connectivity index (χ0v) is 17.0. The molecule has 0 radical (unpaired) electrons. The number of hydrogen-bond donors (Lipinski definition) is 1. The molecule has 0 atom stereocenters. The molecule has 1 heterocycles. The van der Waals surface area contributed by atoms with Gasteiger partial charge in [0.05, 0.1) is 0 Å². The highest BCUT2D eigenvalue weighted by Gasteiger charge is 2.24. The van der Waals surface area contributed by atoms with Crippen molar-refractivity contribution in [2.24, 2.45) is 0 Å². The zero-order valence-electron chi connectivity index (χ0n) is 17.0. The van der Waals surface area contributed by atoms with E-state index >= 15 is 0 Å². The molecule has 1 aliphatic heterocycles. The fourth-order valence-electron chi connectivity index (χ4n) is 3.65. The number of amides is 2. The van der Waals surface area contributed by atoms with Crippen molar-refractivity contribution < 1.29 is 9.59 Å². The van der Waals surface area contributed by atoms with E-state index in [1.165, 1.54) is 0 Å². The minimum Gasteiger partial charge on any atom is -0.335 e. The van der Waals surface area contributed by atoms with Gasteiger partial charge in [0.25, 0.3) is 11.8 Å². The third kappa shape index (κ3) is 4.42. The lowest BCUT2D eigenvalue weighted by atomic mass is 10.0. The van der Waals surface area contributed by atoms with E-state index in [-0.39, 0.29) is 11.8 Å². The van der Waals surface area contributed by atoms with Crippen molar-refractivity contribution in [3.05, 3.63) is 89.6 Å². The van der Waals surface area contributed by atoms with Gasteiger partial charge in [-0.25, -0.2) is 0 Å². The summed E-state index contributed by atoms with van der Waals surface area (Å²) in [6.45, 7) is 2.92. The van der Waals surface area contributed by atoms with Crippen LogP contribution in [0.5, 0.6) is 0 Å². The molecule has 1 saturated heterocycles. The van der Waals surface area contributed by atoms with Crippen molar-refractivity contribution in [3.8, 4) is 0 Å². The first kappa shape index (κ1) is 19.9. The van der Waals surface area contributed by atoms with Crippen molar-refractivity contribution in [1.29, 1.82) is 0 Å². The number of rotatable bonds is 4. The van der Waals surface area contributed by atoms with Crippen LogP contribution in [0.25, 0.3) is 16.8 Å². The Balaban J connectivity index is 1.70. The summed E-state index contributed by atoms with van der Waals surface area (Å²) in [4.78, 5) is 30.2. The minimum absolute atomic E-state index is 0.152. The van der Waals surface area contributed by atoms with Crippen molar-refractivity contribution in [3.63, 3.8) is 0 Å². The Labute approximate surface area is 176 Å². The highest BCUT2D eigenvalue weighted by atomic mass is 16.2. The average molecular weight is 399 g/mol. The number of benzene rings is 3. The molecule has 1 aliphatic rings. The van der Waals surface area contributed by atoms with E-state index in [0.29, 0.717) is 24.4 Å². The van der Waals surface area contributed by atoms with E-state index in [1.54, 1.807) is 18.2 Å². The highest BCUT2D eigenvalue weighted by molar-refractivity contribution is 6.06. The lowest BCUT2D eigenvalue weighted by molar-refractivity contribution is -0.128. The largest absolute Gasteiger partial charge is 0.335 e. The second-order valence-corrected chi connectivity index (χ2v) is 7.54. The molecule has 5 heteroatoms. The fourth-order valence-corrected chi connectivity index (χ4v) is 3.65. The molecule has 2 amide bonds. The van der Waals surface area contributed by atoms with Gasteiger partial charge in [-0.2, -0.15) is 0 Å². The van der Waals surface area contributed by atoms with Gasteiger partial charge >= 0.3 is 0 Å². The molecule has 3 aromatic rings. The van der Waals surface area contributed by atoms with Gasteiger partial charge in [0.1, 0.15) is 5.70 Å². The molecule has 4 rings (SSSR count). The lowest BCUT2D eigenvalue weighted by Gasteiger charge is -2.33. The van der Waals surface area contributed by atoms with Crippen LogP contribution in [0.1, 0.15) is 15.9 Å². The number of nitrogens with one attached hydrogen (secondary N) is 1. The summed E-state index contributed by atoms with van der Waals surface area (Å²) >= 11 is 0. The average Bonchev–Trinajstić information content (AvgIpc) is 2.79. The molecule has 0 bridgehead atoms. The quantitative estimate of drug-likeness (QED) is 0.685. The summed E-state index contributed by atoms with van der Waals surface area (Å²) in [5.41, 5.74) is 1.72. The predicted molar refractivity (Wildman–Crippen MR) is 120 cm³/mol. The monoisotopic (exact) mass is 399 g/mol. The minimum atomic E-state index is -0.287. The van der Waals surface area contributed by atoms with Crippen LogP contribution in [0, 0.1) is 0 Å². The van der Waals surface area contributed by atoms with Gasteiger partial charge in [0.15, 0.2) is 0 Å². The maximum absolute atomic E-state index is 13.3. The molecular formula is C25H25N3O2. The van der Waals surface area contributed by atoms with E-state index in [2.05, 4.69) is 10.2 Å². The molecular weight excluding hydrogens is 374 g/mol. The number of piperazine rings is 1. The van der Waals surface area contributed by atoms with Crippen LogP contribution in [0.15, 0.2) is 78.5 Å². The number of carbonyl (C=O) groups is 2. The maximum atomic E-state index is 13.3. The Morgan fingerprint density at radius 1 is 0.833 bits per heavy atom. The van der Waals surface area contributed by atoms with Gasteiger partial charge in [-0.15, -0.1) is 0 Å². The first-order chi connectivity index (χ1) is 14.6. The molecule has 3 aromatic carbocycles. The molecule has 0 spiro atoms. The Morgan fingerprint density at radius 3 is 2.27 bits per heavy atom. The normalized spacial score (nSPS) is 15.2. The summed E-state index contributed by atoms with van der Waals surface area (Å²) < 4.78 is 0. The number of carbonyl (C=O) groups excluding carboxylic acids is 2. The van der Waals surface area contributed by atoms with Gasteiger partial charge < -0.3 is 15.1 Å². The molecule has 0 saturated carbocycles. The second-order valence-electron chi connectivity index (χ2n) is 7.54. The van der Waals surface area contributed by atoms with Crippen LogP contribution >= 0.6 is 0 Å². The first-order valence-corrected chi connectivity index (χ1v) is 10.2. The smallest absolute Gasteiger partial charge is 0.270 e. The summed E-state index contributed by atoms with van der Waals surface area (Å²) in [7, 11) is 2.05. The van der Waals surface area contributed by atoms with E-state index in [9.17, 15) is 9.59 Å². The fraction of sp³-hybridized carbons (Fsp3) is 0.200. The van der Waals surface area contributed by atoms with E-state index in [1.807, 2.05) is 72.6 Å². The zero-order chi connectivity index (χ0) is 20.9. The molecule has 0 aromatic heterocycles. The first-order valence-electron chi connectivity index (χ1n) is 10.2. The summed E-state index contributed by atoms with van der Waals surface area (Å²) in [6, 6.07) is 23.0. The van der Waals surface area contributed by atoms with E-state index in [4.69, 9.17) is 0 Å². The molecule has 152 valence electrons. The SMILES string of the molecule is CN1CCN(C(=O)/C(=C/c2cccc3ccccc23)NC(=O)c2ccccc2)CC1. The van der Waals surface area contributed by atoms with Crippen molar-refractivity contribution in [2.75, 3.05) is 33.2 Å². The lowest BCUT2D eigenvalue weighted by Crippen LogP contribution is -2.49. The van der Waals surface area contributed by atoms with E-state index in [0.717, 1.165) is 29.4 Å². The van der Waals surface area contributed by atoms with Gasteiger partial charge in [0.2, 0.25) is 0 Å². The van der Waals surface area contributed by atoms with E-state index < -0.39 is 0 Å². The van der Waals surface area contributed by atoms with Crippen LogP contribution in [-0.4, -0.2) is 54.8 Å². The van der Waals surface area contributed by atoms with Crippen LogP contribution < -0.4 is 5.32 Å². The molecule has 0 aliphatic carbocycles. The van der Waals surface area contributed by atoms with Crippen LogP contribution in [0.2, 0.25) is 0 Å². The Bertz CT molecular complexity index is 1080. The highest BCUT2D eigenvalue weighted by Crippen LogP contribution is 2.21. The topological polar surface area (TPSA) is 52.6 Å². The Hall–Kier alpha value is -3.44. The number of likely N-dealkylation sites (N-methyl/N-ethyl adjacent to an activating group) is 1. The molecule has 5 nitrogen and oxygen atoms in total. The third-order valence-electron chi connectivity index (χ3n) is 5.43. The summed E-state index contributed by atoms with van der Waals surface area (Å²) in [5.74, 6) is -0.440. The number of hydrogen-bond acceptors (Lipinski definition) is 3. The van der Waals surface area contributed by atoms with Gasteiger partial charge in [0, 0.05) is 31.7 Å². The Morgan fingerprint density at radius 2 is 1.50 bits per heavy atom. The third-order valence-corrected chi connectivity index (χ3v) is 5.43. The van der Waals surface area contributed by atoms with Crippen molar-refractivity contribution in [2.45, 2.75) is 0 Å². The van der Waals surface area contributed by atoms with Crippen LogP contribution in [0.4, 0.5) is 0 Å². The molecule has 0 unspecified atom stereocenters. The Kier molecular flexibility index (Phi) is 5.91. The van der Waals surface area contributed by atoms with Crippen molar-refractivity contribution in [1.82, 2.24) is 15.1 Å². The molecule has 30 heavy (non-hydrogen) atoms. The van der Waals surface area contributed by atoms with Gasteiger partial charge in [-0.1, -0.05) is 60.7 Å².